The van der Waals surface area contributed by atoms with E-state index in [-0.39, 0.29) is 34.3 Å². The zero-order valence-electron chi connectivity index (χ0n) is 25.1. The molecule has 0 spiro atoms. The highest BCUT2D eigenvalue weighted by Gasteiger charge is 2.53. The van der Waals surface area contributed by atoms with Crippen LogP contribution in [0.2, 0.25) is 0 Å². The van der Waals surface area contributed by atoms with Gasteiger partial charge >= 0.3 is 29.5 Å². The molecule has 2 aliphatic rings. The maximum absolute atomic E-state index is 12.8. The molecule has 1 saturated carbocycles. The van der Waals surface area contributed by atoms with Crippen LogP contribution in [0.15, 0.2) is 27.4 Å². The van der Waals surface area contributed by atoms with Crippen LogP contribution in [0.3, 0.4) is 0 Å². The summed E-state index contributed by atoms with van der Waals surface area (Å²) in [5.41, 5.74) is -0.918. The largest absolute Gasteiger partial charge is 0.504 e. The molecule has 1 aromatic carbocycles. The van der Waals surface area contributed by atoms with Crippen molar-refractivity contribution >= 4 is 34.8 Å². The van der Waals surface area contributed by atoms with E-state index < -0.39 is 66.8 Å². The van der Waals surface area contributed by atoms with Crippen LogP contribution in [0.1, 0.15) is 60.3 Å². The van der Waals surface area contributed by atoms with Crippen molar-refractivity contribution in [2.75, 3.05) is 6.61 Å². The van der Waals surface area contributed by atoms with E-state index in [4.69, 9.17) is 37.6 Å². The maximum atomic E-state index is 12.8. The molecule has 0 bridgehead atoms. The van der Waals surface area contributed by atoms with E-state index >= 15 is 0 Å². The molecule has 4 rings (SSSR count). The van der Waals surface area contributed by atoms with E-state index in [1.165, 1.54) is 18.2 Å². The molecule has 1 N–H and O–H groups in total. The number of aromatic hydroxyl groups is 1. The van der Waals surface area contributed by atoms with Crippen molar-refractivity contribution in [3.63, 3.8) is 0 Å². The fraction of sp³-hybridized carbons (Fsp3) is 0.567. The summed E-state index contributed by atoms with van der Waals surface area (Å²) in [6, 6.07) is 4.17. The smallest absolute Gasteiger partial charge is 0.383 e. The topological polar surface area (TPSA) is 183 Å². The summed E-state index contributed by atoms with van der Waals surface area (Å²) >= 11 is 0. The Bertz CT molecular complexity index is 1440. The van der Waals surface area contributed by atoms with Gasteiger partial charge in [0.05, 0.1) is 11.5 Å². The van der Waals surface area contributed by atoms with Gasteiger partial charge in [0.2, 0.25) is 18.1 Å². The molecule has 5 atom stereocenters. The predicted molar refractivity (Wildman–Crippen MR) is 149 cm³/mol. The first kappa shape index (κ1) is 32.6. The quantitative estimate of drug-likeness (QED) is 0.245. The molecule has 0 amide bonds. The summed E-state index contributed by atoms with van der Waals surface area (Å²) in [6.45, 7) is 6.20. The second kappa shape index (κ2) is 14.0. The van der Waals surface area contributed by atoms with Gasteiger partial charge in [0.15, 0.2) is 18.0 Å². The third-order valence-electron chi connectivity index (χ3n) is 7.26. The summed E-state index contributed by atoms with van der Waals surface area (Å²) < 4.78 is 44.4. The van der Waals surface area contributed by atoms with E-state index in [1.807, 2.05) is 0 Å². The molecule has 14 heteroatoms. The van der Waals surface area contributed by atoms with Crippen LogP contribution in [0, 0.1) is 5.92 Å². The molecule has 1 aliphatic carbocycles. The van der Waals surface area contributed by atoms with Crippen molar-refractivity contribution in [2.45, 2.75) is 97.1 Å². The molecule has 0 unspecified atom stereocenters. The van der Waals surface area contributed by atoms with Crippen LogP contribution < -0.4 is 15.1 Å². The number of benzene rings is 1. The van der Waals surface area contributed by atoms with Crippen LogP contribution in [-0.2, 0) is 42.9 Å². The van der Waals surface area contributed by atoms with Gasteiger partial charge in [0.1, 0.15) is 24.0 Å². The number of hydrogen-bond donors (Lipinski definition) is 1. The van der Waals surface area contributed by atoms with Crippen LogP contribution in [0.25, 0.3) is 11.0 Å². The van der Waals surface area contributed by atoms with Gasteiger partial charge in [-0.1, -0.05) is 6.92 Å². The summed E-state index contributed by atoms with van der Waals surface area (Å²) in [7, 11) is 0. The first-order valence-corrected chi connectivity index (χ1v) is 14.3. The Kier molecular flexibility index (Phi) is 10.3. The molecular formula is C30H36O14. The lowest BCUT2D eigenvalue weighted by molar-refractivity contribution is -0.288. The number of carbonyl (C=O) groups is 4. The zero-order valence-corrected chi connectivity index (χ0v) is 25.1. The Hall–Kier alpha value is -4.33. The van der Waals surface area contributed by atoms with Crippen molar-refractivity contribution in [2.24, 2.45) is 5.92 Å². The molecule has 14 nitrogen and oxygen atoms in total. The Morgan fingerprint density at radius 1 is 0.841 bits per heavy atom. The number of esters is 4. The van der Waals surface area contributed by atoms with Crippen LogP contribution in [0.5, 0.6) is 17.2 Å². The minimum Gasteiger partial charge on any atom is -0.504 e. The first-order chi connectivity index (χ1) is 20.8. The monoisotopic (exact) mass is 620 g/mol. The first-order valence-electron chi connectivity index (χ1n) is 14.3. The fourth-order valence-electron chi connectivity index (χ4n) is 5.26. The molecule has 2 fully saturated rings. The van der Waals surface area contributed by atoms with Gasteiger partial charge < -0.3 is 42.7 Å². The third kappa shape index (κ3) is 7.98. The number of carbonyl (C=O) groups excluding carboxylic acids is 4. The molecule has 240 valence electrons. The highest BCUT2D eigenvalue weighted by molar-refractivity contribution is 5.86. The second-order valence-corrected chi connectivity index (χ2v) is 10.9. The van der Waals surface area contributed by atoms with Crippen molar-refractivity contribution < 1.29 is 61.9 Å². The molecule has 1 aromatic heterocycles. The van der Waals surface area contributed by atoms with Crippen molar-refractivity contribution in [3.8, 4) is 17.2 Å². The van der Waals surface area contributed by atoms with Gasteiger partial charge in [-0.05, 0) is 43.7 Å². The lowest BCUT2D eigenvalue weighted by Gasteiger charge is -2.43. The normalized spacial score (nSPS) is 26.7. The standard InChI is InChI=1S/C30H36O14/c1-14-6-8-19(9-7-14)41-26-24(35)21-11-10-20(12-22(21)43-29(26)36)42-30-28(40-18(5)34)27(39-17(4)33)25(38-16(3)32)23(44-30)13-37-15(2)31/h10-12,14,19,23,25,27-28,30,35H,6-9,13H2,1-5H3/t14?,19?,23-,25-,27+,28+,30+/m1/s1. The lowest BCUT2D eigenvalue weighted by atomic mass is 9.89. The minimum atomic E-state index is -1.50. The highest BCUT2D eigenvalue weighted by Crippen LogP contribution is 2.37. The van der Waals surface area contributed by atoms with Gasteiger partial charge in [-0.25, -0.2) is 4.79 Å². The molecule has 1 saturated heterocycles. The van der Waals surface area contributed by atoms with Crippen molar-refractivity contribution in [1.29, 1.82) is 0 Å². The average Bonchev–Trinajstić information content (AvgIpc) is 2.93. The number of hydrogen-bond acceptors (Lipinski definition) is 14. The number of rotatable bonds is 9. The van der Waals surface area contributed by atoms with E-state index in [9.17, 15) is 29.1 Å². The van der Waals surface area contributed by atoms with Crippen LogP contribution in [0.4, 0.5) is 0 Å². The Balaban J connectivity index is 1.66. The molecule has 2 heterocycles. The van der Waals surface area contributed by atoms with E-state index in [1.54, 1.807) is 0 Å². The lowest BCUT2D eigenvalue weighted by Crippen LogP contribution is -2.63. The molecule has 1 aliphatic heterocycles. The molecule has 44 heavy (non-hydrogen) atoms. The maximum Gasteiger partial charge on any atom is 0.383 e. The summed E-state index contributed by atoms with van der Waals surface area (Å²) in [6.07, 6.45) is -3.77. The summed E-state index contributed by atoms with van der Waals surface area (Å²) in [5.74, 6) is -3.06. The van der Waals surface area contributed by atoms with Crippen molar-refractivity contribution in [1.82, 2.24) is 0 Å². The minimum absolute atomic E-state index is 0.0379. The van der Waals surface area contributed by atoms with Gasteiger partial charge in [-0.3, -0.25) is 19.2 Å². The second-order valence-electron chi connectivity index (χ2n) is 10.9. The number of ether oxygens (including phenoxy) is 7. The Morgan fingerprint density at radius 2 is 1.45 bits per heavy atom. The van der Waals surface area contributed by atoms with Crippen LogP contribution >= 0.6 is 0 Å². The fourth-order valence-corrected chi connectivity index (χ4v) is 5.26. The third-order valence-corrected chi connectivity index (χ3v) is 7.26. The van der Waals surface area contributed by atoms with Gasteiger partial charge in [-0.15, -0.1) is 0 Å². The number of fused-ring (bicyclic) bond motifs is 1. The van der Waals surface area contributed by atoms with Gasteiger partial charge in [0.25, 0.3) is 0 Å². The predicted octanol–water partition coefficient (Wildman–Crippen LogP) is 2.92. The average molecular weight is 621 g/mol. The van der Waals surface area contributed by atoms with Gasteiger partial charge in [0, 0.05) is 33.8 Å². The zero-order chi connectivity index (χ0) is 32.1. The molecular weight excluding hydrogens is 584 g/mol. The van der Waals surface area contributed by atoms with Crippen LogP contribution in [-0.4, -0.2) is 72.4 Å². The summed E-state index contributed by atoms with van der Waals surface area (Å²) in [5, 5.41) is 11.1. The summed E-state index contributed by atoms with van der Waals surface area (Å²) in [4.78, 5) is 60.4. The van der Waals surface area contributed by atoms with E-state index in [2.05, 4.69) is 6.92 Å². The SMILES string of the molecule is CC(=O)OC[C@H]1O[C@H](Oc2ccc3c(O)c(OC4CCC(C)CC4)c(=O)oc3c2)[C@@H](OC(C)=O)[C@@H](OC(C)=O)[C@@H]1OC(C)=O. The van der Waals surface area contributed by atoms with E-state index in [0.717, 1.165) is 53.4 Å². The van der Waals surface area contributed by atoms with E-state index in [0.29, 0.717) is 5.92 Å². The highest BCUT2D eigenvalue weighted by atomic mass is 16.7. The Morgan fingerprint density at radius 3 is 2.07 bits per heavy atom. The van der Waals surface area contributed by atoms with Crippen molar-refractivity contribution in [3.05, 3.63) is 28.6 Å². The van der Waals surface area contributed by atoms with Gasteiger partial charge in [-0.2, -0.15) is 0 Å². The molecule has 2 aromatic rings. The Labute approximate surface area is 252 Å². The molecule has 0 radical (unpaired) electrons.